The number of imide groups is 1. The number of carbonyl (C=O) groups is 2. The van der Waals surface area contributed by atoms with Gasteiger partial charge in [0.1, 0.15) is 6.61 Å². The number of nitrogens with zero attached hydrogens (tertiary/aromatic N) is 3. The summed E-state index contributed by atoms with van der Waals surface area (Å²) < 4.78 is 12.9. The van der Waals surface area contributed by atoms with Crippen LogP contribution in [0, 0.1) is 10.1 Å². The van der Waals surface area contributed by atoms with E-state index in [-0.39, 0.29) is 36.5 Å². The highest BCUT2D eigenvalue weighted by Crippen LogP contribution is 2.35. The summed E-state index contributed by atoms with van der Waals surface area (Å²) >= 11 is 0.878. The Balaban J connectivity index is 1.37. The molecule has 1 fully saturated rings. The van der Waals surface area contributed by atoms with Crippen LogP contribution < -0.4 is 9.47 Å². The van der Waals surface area contributed by atoms with Crippen molar-refractivity contribution in [3.8, 4) is 11.5 Å². The third kappa shape index (κ3) is 4.98. The van der Waals surface area contributed by atoms with Crippen LogP contribution in [0.1, 0.15) is 11.1 Å². The van der Waals surface area contributed by atoms with Gasteiger partial charge in [0, 0.05) is 34.3 Å². The maximum atomic E-state index is 13.1. The Morgan fingerprint density at radius 2 is 1.68 bits per heavy atom. The van der Waals surface area contributed by atoms with Crippen LogP contribution in [-0.4, -0.2) is 45.8 Å². The number of fused-ring (bicyclic) bond motifs is 1. The number of hydrogen-bond donors (Lipinski definition) is 0. The van der Waals surface area contributed by atoms with Gasteiger partial charge in [0.15, 0.2) is 11.5 Å². The predicted molar refractivity (Wildman–Crippen MR) is 145 cm³/mol. The van der Waals surface area contributed by atoms with E-state index in [1.54, 1.807) is 43.5 Å². The lowest BCUT2D eigenvalue weighted by Gasteiger charge is -2.14. The van der Waals surface area contributed by atoms with E-state index in [4.69, 9.17) is 9.47 Å². The van der Waals surface area contributed by atoms with Crippen molar-refractivity contribution in [1.82, 2.24) is 9.47 Å². The molecule has 0 aliphatic carbocycles. The molecule has 0 atom stereocenters. The molecular weight excluding hydrogens is 506 g/mol. The Labute approximate surface area is 222 Å². The topological polar surface area (TPSA) is 104 Å². The van der Waals surface area contributed by atoms with Crippen LogP contribution in [-0.2, 0) is 11.3 Å². The molecule has 1 aromatic heterocycles. The predicted octanol–water partition coefficient (Wildman–Crippen LogP) is 5.72. The SMILES string of the molecule is COc1ccccc1OCCN1C(=O)S/C(=C\c2cn(Cc3ccccc3[N+](=O)[O-])c3ccccc23)C1=O. The molecule has 192 valence electrons. The Hall–Kier alpha value is -4.57. The monoisotopic (exact) mass is 529 g/mol. The van der Waals surface area contributed by atoms with Crippen LogP contribution in [0.15, 0.2) is 83.9 Å². The maximum Gasteiger partial charge on any atom is 0.293 e. The number of nitro groups is 1. The second-order valence-corrected chi connectivity index (χ2v) is 9.44. The molecule has 10 heteroatoms. The van der Waals surface area contributed by atoms with Gasteiger partial charge in [0.05, 0.1) is 30.0 Å². The van der Waals surface area contributed by atoms with Gasteiger partial charge < -0.3 is 14.0 Å². The number of para-hydroxylation sites is 4. The molecule has 4 aromatic rings. The van der Waals surface area contributed by atoms with Crippen LogP contribution in [0.4, 0.5) is 10.5 Å². The number of ether oxygens (including phenoxy) is 2. The second kappa shape index (κ2) is 10.8. The lowest BCUT2D eigenvalue weighted by atomic mass is 10.1. The Morgan fingerprint density at radius 3 is 2.47 bits per heavy atom. The fraction of sp³-hybridized carbons (Fsp3) is 0.143. The van der Waals surface area contributed by atoms with Crippen LogP contribution in [0.25, 0.3) is 17.0 Å². The third-order valence-corrected chi connectivity index (χ3v) is 7.06. The van der Waals surface area contributed by atoms with E-state index in [9.17, 15) is 19.7 Å². The highest BCUT2D eigenvalue weighted by atomic mass is 32.2. The van der Waals surface area contributed by atoms with Crippen LogP contribution >= 0.6 is 11.8 Å². The highest BCUT2D eigenvalue weighted by molar-refractivity contribution is 8.18. The van der Waals surface area contributed by atoms with Crippen molar-refractivity contribution in [2.45, 2.75) is 6.54 Å². The van der Waals surface area contributed by atoms with E-state index in [1.807, 2.05) is 47.2 Å². The molecule has 2 amide bonds. The summed E-state index contributed by atoms with van der Waals surface area (Å²) in [6.07, 6.45) is 3.55. The van der Waals surface area contributed by atoms with Crippen molar-refractivity contribution in [3.63, 3.8) is 0 Å². The number of rotatable bonds is 9. The fourth-order valence-electron chi connectivity index (χ4n) is 4.35. The molecule has 3 aromatic carbocycles. The fourth-order valence-corrected chi connectivity index (χ4v) is 5.20. The lowest BCUT2D eigenvalue weighted by molar-refractivity contribution is -0.385. The molecule has 0 saturated carbocycles. The van der Waals surface area contributed by atoms with Gasteiger partial charge in [0.25, 0.3) is 16.8 Å². The minimum atomic E-state index is -0.393. The van der Waals surface area contributed by atoms with Crippen molar-refractivity contribution in [1.29, 1.82) is 0 Å². The first kappa shape index (κ1) is 25.1. The van der Waals surface area contributed by atoms with Crippen molar-refractivity contribution < 1.29 is 24.0 Å². The number of nitro benzene ring substituents is 1. The van der Waals surface area contributed by atoms with Gasteiger partial charge in [0.2, 0.25) is 0 Å². The zero-order valence-electron chi connectivity index (χ0n) is 20.4. The van der Waals surface area contributed by atoms with Gasteiger partial charge in [-0.15, -0.1) is 0 Å². The average Bonchev–Trinajstić information content (AvgIpc) is 3.40. The largest absolute Gasteiger partial charge is 0.493 e. The maximum absolute atomic E-state index is 13.1. The molecule has 0 unspecified atom stereocenters. The summed E-state index contributed by atoms with van der Waals surface area (Å²) in [5.41, 5.74) is 2.22. The molecule has 0 bridgehead atoms. The van der Waals surface area contributed by atoms with Gasteiger partial charge in [-0.1, -0.05) is 48.5 Å². The van der Waals surface area contributed by atoms with Gasteiger partial charge in [-0.25, -0.2) is 0 Å². The van der Waals surface area contributed by atoms with E-state index in [0.29, 0.717) is 22.0 Å². The molecule has 1 aliphatic rings. The number of amides is 2. The summed E-state index contributed by atoms with van der Waals surface area (Å²) in [5.74, 6) is 0.710. The molecule has 2 heterocycles. The van der Waals surface area contributed by atoms with Crippen LogP contribution in [0.5, 0.6) is 11.5 Å². The quantitative estimate of drug-likeness (QED) is 0.155. The zero-order chi connectivity index (χ0) is 26.6. The van der Waals surface area contributed by atoms with Crippen molar-refractivity contribution in [2.24, 2.45) is 0 Å². The highest BCUT2D eigenvalue weighted by Gasteiger charge is 2.35. The third-order valence-electron chi connectivity index (χ3n) is 6.15. The van der Waals surface area contributed by atoms with Crippen LogP contribution in [0.2, 0.25) is 0 Å². The normalized spacial score (nSPS) is 14.4. The molecule has 5 rings (SSSR count). The average molecular weight is 530 g/mol. The number of methoxy groups -OCH3 is 1. The Bertz CT molecular complexity index is 1580. The summed E-state index contributed by atoms with van der Waals surface area (Å²) in [6.45, 7) is 0.508. The van der Waals surface area contributed by atoms with Gasteiger partial charge in [-0.2, -0.15) is 0 Å². The molecule has 0 spiro atoms. The number of benzene rings is 3. The molecule has 0 N–H and O–H groups in total. The summed E-state index contributed by atoms with van der Waals surface area (Å²) in [7, 11) is 1.54. The molecule has 38 heavy (non-hydrogen) atoms. The summed E-state index contributed by atoms with van der Waals surface area (Å²) in [5, 5.41) is 12.0. The molecule has 1 aliphatic heterocycles. The lowest BCUT2D eigenvalue weighted by Crippen LogP contribution is -2.32. The van der Waals surface area contributed by atoms with E-state index in [0.717, 1.165) is 28.2 Å². The molecule has 9 nitrogen and oxygen atoms in total. The van der Waals surface area contributed by atoms with E-state index >= 15 is 0 Å². The second-order valence-electron chi connectivity index (χ2n) is 8.45. The number of thioether (sulfide) groups is 1. The summed E-state index contributed by atoms with van der Waals surface area (Å²) in [6, 6.07) is 21.4. The van der Waals surface area contributed by atoms with Crippen LogP contribution in [0.3, 0.4) is 0 Å². The molecule has 1 saturated heterocycles. The van der Waals surface area contributed by atoms with E-state index < -0.39 is 4.92 Å². The van der Waals surface area contributed by atoms with Crippen molar-refractivity contribution in [3.05, 3.63) is 105 Å². The minimum absolute atomic E-state index is 0.0447. The smallest absolute Gasteiger partial charge is 0.293 e. The number of aromatic nitrogens is 1. The first-order chi connectivity index (χ1) is 18.5. The van der Waals surface area contributed by atoms with Gasteiger partial charge >= 0.3 is 0 Å². The van der Waals surface area contributed by atoms with Crippen molar-refractivity contribution >= 4 is 45.6 Å². The van der Waals surface area contributed by atoms with E-state index in [1.165, 1.54) is 11.0 Å². The summed E-state index contributed by atoms with van der Waals surface area (Å²) in [4.78, 5) is 38.3. The standard InChI is InChI=1S/C28H23N3O6S/c1-36-24-12-6-7-13-25(24)37-15-14-30-27(32)26(38-28(30)33)16-20-18-29(23-11-5-3-9-21(20)23)17-19-8-2-4-10-22(19)31(34)35/h2-13,16,18H,14-15,17H2,1H3/b26-16-. The number of carbonyl (C=O) groups excluding carboxylic acids is 2. The Kier molecular flexibility index (Phi) is 7.14. The number of hydrogen-bond acceptors (Lipinski definition) is 7. The Morgan fingerprint density at radius 1 is 0.974 bits per heavy atom. The van der Waals surface area contributed by atoms with E-state index in [2.05, 4.69) is 0 Å². The molecule has 0 radical (unpaired) electrons. The zero-order valence-corrected chi connectivity index (χ0v) is 21.2. The van der Waals surface area contributed by atoms with Gasteiger partial charge in [-0.05, 0) is 36.0 Å². The first-order valence-corrected chi connectivity index (χ1v) is 12.6. The first-order valence-electron chi connectivity index (χ1n) is 11.8. The molecular formula is C28H23N3O6S. The van der Waals surface area contributed by atoms with Crippen molar-refractivity contribution in [2.75, 3.05) is 20.3 Å². The van der Waals surface area contributed by atoms with Gasteiger partial charge in [-0.3, -0.25) is 24.6 Å². The minimum Gasteiger partial charge on any atom is -0.493 e.